The Bertz CT molecular complexity index is 979. The second-order valence-corrected chi connectivity index (χ2v) is 6.54. The first-order chi connectivity index (χ1) is 13.5. The summed E-state index contributed by atoms with van der Waals surface area (Å²) in [6.07, 6.45) is 1.69. The van der Waals surface area contributed by atoms with Gasteiger partial charge in [-0.3, -0.25) is 9.69 Å². The molecule has 1 aromatic carbocycles. The molecule has 1 atom stereocenters. The van der Waals surface area contributed by atoms with Gasteiger partial charge in [-0.2, -0.15) is 13.8 Å². The van der Waals surface area contributed by atoms with E-state index in [9.17, 15) is 13.6 Å². The van der Waals surface area contributed by atoms with Crippen LogP contribution in [0.3, 0.4) is 0 Å². The maximum Gasteiger partial charge on any atom is 0.387 e. The van der Waals surface area contributed by atoms with Gasteiger partial charge in [0.05, 0.1) is 10.9 Å². The SMILES string of the molecule is O=C1CC(c2nc(-c3ccc(OC(F)F)cc3)no2)CN1c1ccc(Cl)cn1. The van der Waals surface area contributed by atoms with Crippen molar-refractivity contribution in [3.63, 3.8) is 0 Å². The Morgan fingerprint density at radius 1 is 1.21 bits per heavy atom. The lowest BCUT2D eigenvalue weighted by Crippen LogP contribution is -2.25. The molecule has 1 aliphatic heterocycles. The highest BCUT2D eigenvalue weighted by Crippen LogP contribution is 2.31. The van der Waals surface area contributed by atoms with Gasteiger partial charge in [0.1, 0.15) is 11.6 Å². The molecule has 10 heteroatoms. The summed E-state index contributed by atoms with van der Waals surface area (Å²) in [4.78, 5) is 22.4. The fourth-order valence-electron chi connectivity index (χ4n) is 2.93. The molecule has 3 aromatic rings. The second kappa shape index (κ2) is 7.51. The number of rotatable bonds is 5. The zero-order valence-electron chi connectivity index (χ0n) is 14.3. The monoisotopic (exact) mass is 406 g/mol. The molecule has 4 rings (SSSR count). The van der Waals surface area contributed by atoms with Crippen LogP contribution in [0.2, 0.25) is 5.02 Å². The van der Waals surface area contributed by atoms with E-state index in [2.05, 4.69) is 19.9 Å². The minimum absolute atomic E-state index is 0.0370. The van der Waals surface area contributed by atoms with Crippen LogP contribution in [0.25, 0.3) is 11.4 Å². The van der Waals surface area contributed by atoms with E-state index in [0.717, 1.165) is 0 Å². The molecule has 7 nitrogen and oxygen atoms in total. The maximum absolute atomic E-state index is 12.3. The summed E-state index contributed by atoms with van der Waals surface area (Å²) < 4.78 is 34.1. The van der Waals surface area contributed by atoms with Gasteiger partial charge in [-0.15, -0.1) is 0 Å². The smallest absolute Gasteiger partial charge is 0.387 e. The highest BCUT2D eigenvalue weighted by Gasteiger charge is 2.35. The van der Waals surface area contributed by atoms with Crippen molar-refractivity contribution in [3.8, 4) is 17.1 Å². The number of aromatic nitrogens is 3. The van der Waals surface area contributed by atoms with Crippen LogP contribution in [0, 0.1) is 0 Å². The normalized spacial score (nSPS) is 16.8. The molecule has 1 fully saturated rings. The third-order valence-electron chi connectivity index (χ3n) is 4.24. The van der Waals surface area contributed by atoms with Crippen LogP contribution in [0.5, 0.6) is 5.75 Å². The van der Waals surface area contributed by atoms with Crippen molar-refractivity contribution in [1.82, 2.24) is 15.1 Å². The molecular formula is C18H13ClF2N4O3. The third-order valence-corrected chi connectivity index (χ3v) is 4.47. The van der Waals surface area contributed by atoms with E-state index in [1.54, 1.807) is 29.2 Å². The van der Waals surface area contributed by atoms with Gasteiger partial charge in [-0.1, -0.05) is 16.8 Å². The van der Waals surface area contributed by atoms with Gasteiger partial charge >= 0.3 is 6.61 Å². The van der Waals surface area contributed by atoms with Crippen molar-refractivity contribution in [3.05, 3.63) is 53.5 Å². The number of hydrogen-bond donors (Lipinski definition) is 0. The number of nitrogens with zero attached hydrogens (tertiary/aromatic N) is 4. The minimum atomic E-state index is -2.89. The van der Waals surface area contributed by atoms with Crippen LogP contribution >= 0.6 is 11.6 Å². The Morgan fingerprint density at radius 3 is 2.68 bits per heavy atom. The summed E-state index contributed by atoms with van der Waals surface area (Å²) in [6, 6.07) is 9.23. The second-order valence-electron chi connectivity index (χ2n) is 6.10. The number of amides is 1. The number of alkyl halides is 2. The zero-order chi connectivity index (χ0) is 19.7. The predicted molar refractivity (Wildman–Crippen MR) is 95.3 cm³/mol. The highest BCUT2D eigenvalue weighted by atomic mass is 35.5. The van der Waals surface area contributed by atoms with Crippen LogP contribution in [-0.4, -0.2) is 34.2 Å². The van der Waals surface area contributed by atoms with Crippen molar-refractivity contribution in [1.29, 1.82) is 0 Å². The molecule has 1 saturated heterocycles. The van der Waals surface area contributed by atoms with E-state index in [1.165, 1.54) is 18.3 Å². The summed E-state index contributed by atoms with van der Waals surface area (Å²) in [6.45, 7) is -2.53. The summed E-state index contributed by atoms with van der Waals surface area (Å²) in [5.74, 6) is 0.795. The summed E-state index contributed by atoms with van der Waals surface area (Å²) >= 11 is 5.83. The number of ether oxygens (including phenoxy) is 1. The number of halogens is 3. The Labute approximate surface area is 162 Å². The van der Waals surface area contributed by atoms with E-state index in [0.29, 0.717) is 34.7 Å². The van der Waals surface area contributed by atoms with Gasteiger partial charge in [0.15, 0.2) is 0 Å². The van der Waals surface area contributed by atoms with Gasteiger partial charge < -0.3 is 9.26 Å². The number of pyridine rings is 1. The van der Waals surface area contributed by atoms with E-state index in [4.69, 9.17) is 16.1 Å². The highest BCUT2D eigenvalue weighted by molar-refractivity contribution is 6.30. The molecule has 0 N–H and O–H groups in total. The molecule has 28 heavy (non-hydrogen) atoms. The van der Waals surface area contributed by atoms with Gasteiger partial charge in [0, 0.05) is 24.7 Å². The number of benzene rings is 1. The van der Waals surface area contributed by atoms with Crippen LogP contribution in [-0.2, 0) is 4.79 Å². The van der Waals surface area contributed by atoms with Crippen molar-refractivity contribution >= 4 is 23.3 Å². The molecule has 1 unspecified atom stereocenters. The number of carbonyl (C=O) groups is 1. The molecule has 0 radical (unpaired) electrons. The fourth-order valence-corrected chi connectivity index (χ4v) is 3.04. The van der Waals surface area contributed by atoms with E-state index < -0.39 is 6.61 Å². The lowest BCUT2D eigenvalue weighted by molar-refractivity contribution is -0.117. The first-order valence-electron chi connectivity index (χ1n) is 8.30. The van der Waals surface area contributed by atoms with E-state index in [-0.39, 0.29) is 24.0 Å². The first-order valence-corrected chi connectivity index (χ1v) is 8.68. The Morgan fingerprint density at radius 2 is 2.00 bits per heavy atom. The first kappa shape index (κ1) is 18.3. The average Bonchev–Trinajstić information content (AvgIpc) is 3.30. The van der Waals surface area contributed by atoms with Crippen LogP contribution in [0.4, 0.5) is 14.6 Å². The minimum Gasteiger partial charge on any atom is -0.435 e. The zero-order valence-corrected chi connectivity index (χ0v) is 15.0. The molecule has 3 heterocycles. The quantitative estimate of drug-likeness (QED) is 0.639. The van der Waals surface area contributed by atoms with Crippen molar-refractivity contribution < 1.29 is 22.8 Å². The third kappa shape index (κ3) is 3.79. The largest absolute Gasteiger partial charge is 0.435 e. The molecule has 0 spiro atoms. The Balaban J connectivity index is 1.48. The van der Waals surface area contributed by atoms with Crippen LogP contribution in [0.15, 0.2) is 47.1 Å². The summed E-state index contributed by atoms with van der Waals surface area (Å²) in [7, 11) is 0. The van der Waals surface area contributed by atoms with Gasteiger partial charge in [0.2, 0.25) is 17.6 Å². The molecule has 1 amide bonds. The van der Waals surface area contributed by atoms with E-state index >= 15 is 0 Å². The molecule has 0 saturated carbocycles. The van der Waals surface area contributed by atoms with Crippen LogP contribution < -0.4 is 9.64 Å². The predicted octanol–water partition coefficient (Wildman–Crippen LogP) is 3.91. The Hall–Kier alpha value is -3.07. The van der Waals surface area contributed by atoms with Crippen molar-refractivity contribution in [2.45, 2.75) is 19.0 Å². The van der Waals surface area contributed by atoms with Gasteiger partial charge in [-0.25, -0.2) is 4.98 Å². The lowest BCUT2D eigenvalue weighted by Gasteiger charge is -2.14. The maximum atomic E-state index is 12.3. The molecular weight excluding hydrogens is 394 g/mol. The lowest BCUT2D eigenvalue weighted by atomic mass is 10.1. The average molecular weight is 407 g/mol. The standard InChI is InChI=1S/C18H13ClF2N4O3/c19-12-3-6-14(22-8-12)25-9-11(7-15(25)26)17-23-16(24-28-17)10-1-4-13(5-2-10)27-18(20)21/h1-6,8,11,18H,7,9H2. The Kier molecular flexibility index (Phi) is 4.91. The van der Waals surface area contributed by atoms with Crippen molar-refractivity contribution in [2.75, 3.05) is 11.4 Å². The van der Waals surface area contributed by atoms with Crippen LogP contribution in [0.1, 0.15) is 18.2 Å². The van der Waals surface area contributed by atoms with E-state index in [1.807, 2.05) is 0 Å². The van der Waals surface area contributed by atoms with Gasteiger partial charge in [-0.05, 0) is 36.4 Å². The van der Waals surface area contributed by atoms with Crippen molar-refractivity contribution in [2.24, 2.45) is 0 Å². The molecule has 0 aliphatic carbocycles. The number of carbonyl (C=O) groups excluding carboxylic acids is 1. The molecule has 144 valence electrons. The van der Waals surface area contributed by atoms with Gasteiger partial charge in [0.25, 0.3) is 0 Å². The molecule has 1 aliphatic rings. The fraction of sp³-hybridized carbons (Fsp3) is 0.222. The summed E-state index contributed by atoms with van der Waals surface area (Å²) in [5.41, 5.74) is 0.581. The topological polar surface area (TPSA) is 81.3 Å². The molecule has 0 bridgehead atoms. The molecule has 2 aromatic heterocycles. The summed E-state index contributed by atoms with van der Waals surface area (Å²) in [5, 5.41) is 4.40. The number of anilines is 1. The number of hydrogen-bond acceptors (Lipinski definition) is 6.